The Kier molecular flexibility index (Phi) is 3.36. The predicted molar refractivity (Wildman–Crippen MR) is 69.1 cm³/mol. The molecule has 1 heterocycles. The lowest BCUT2D eigenvalue weighted by molar-refractivity contribution is 0.860. The highest BCUT2D eigenvalue weighted by atomic mass is 79.9. The first kappa shape index (κ1) is 11.3. The van der Waals surface area contributed by atoms with E-state index < -0.39 is 0 Å². The number of halogens is 1. The second-order valence-corrected chi connectivity index (χ2v) is 4.74. The standard InChI is InChI=1S/C13H13BrN2/c1-9-3-2-4-10(5-9)13(15)11-6-12(14)8-16-7-11/h2-8,13H,15H2,1H3. The quantitative estimate of drug-likeness (QED) is 0.915. The molecule has 0 bridgehead atoms. The van der Waals surface area contributed by atoms with Gasteiger partial charge >= 0.3 is 0 Å². The summed E-state index contributed by atoms with van der Waals surface area (Å²) >= 11 is 3.40. The van der Waals surface area contributed by atoms with Crippen molar-refractivity contribution in [3.63, 3.8) is 0 Å². The van der Waals surface area contributed by atoms with Crippen LogP contribution >= 0.6 is 15.9 Å². The third-order valence-electron chi connectivity index (χ3n) is 2.49. The molecule has 0 saturated carbocycles. The van der Waals surface area contributed by atoms with Crippen molar-refractivity contribution in [2.75, 3.05) is 0 Å². The maximum absolute atomic E-state index is 6.19. The Labute approximate surface area is 104 Å². The van der Waals surface area contributed by atoms with Gasteiger partial charge in [-0.1, -0.05) is 29.8 Å². The van der Waals surface area contributed by atoms with Crippen LogP contribution in [0.25, 0.3) is 0 Å². The molecule has 1 unspecified atom stereocenters. The van der Waals surface area contributed by atoms with Gasteiger partial charge in [0.05, 0.1) is 6.04 Å². The van der Waals surface area contributed by atoms with Crippen LogP contribution in [0.5, 0.6) is 0 Å². The van der Waals surface area contributed by atoms with Crippen molar-refractivity contribution >= 4 is 15.9 Å². The van der Waals surface area contributed by atoms with E-state index >= 15 is 0 Å². The molecule has 16 heavy (non-hydrogen) atoms. The molecule has 0 spiro atoms. The Morgan fingerprint density at radius 1 is 1.19 bits per heavy atom. The second-order valence-electron chi connectivity index (χ2n) is 3.83. The Hall–Kier alpha value is -1.19. The van der Waals surface area contributed by atoms with Crippen LogP contribution in [0.15, 0.2) is 47.2 Å². The third-order valence-corrected chi connectivity index (χ3v) is 2.92. The molecule has 1 aromatic carbocycles. The van der Waals surface area contributed by atoms with Crippen LogP contribution in [0.4, 0.5) is 0 Å². The van der Waals surface area contributed by atoms with Gasteiger partial charge < -0.3 is 5.73 Å². The van der Waals surface area contributed by atoms with E-state index in [-0.39, 0.29) is 6.04 Å². The molecule has 0 fully saturated rings. The number of aryl methyl sites for hydroxylation is 1. The lowest BCUT2D eigenvalue weighted by Gasteiger charge is -2.12. The largest absolute Gasteiger partial charge is 0.320 e. The van der Waals surface area contributed by atoms with Crippen LogP contribution in [0, 0.1) is 6.92 Å². The SMILES string of the molecule is Cc1cccc(C(N)c2cncc(Br)c2)c1. The fraction of sp³-hybridized carbons (Fsp3) is 0.154. The van der Waals surface area contributed by atoms with Gasteiger partial charge in [0, 0.05) is 16.9 Å². The minimum Gasteiger partial charge on any atom is -0.320 e. The third kappa shape index (κ3) is 2.49. The summed E-state index contributed by atoms with van der Waals surface area (Å²) < 4.78 is 0.952. The lowest BCUT2D eigenvalue weighted by atomic mass is 10.00. The second kappa shape index (κ2) is 4.76. The van der Waals surface area contributed by atoms with E-state index in [1.807, 2.05) is 18.2 Å². The normalized spacial score (nSPS) is 12.4. The van der Waals surface area contributed by atoms with Gasteiger partial charge in [-0.25, -0.2) is 0 Å². The van der Waals surface area contributed by atoms with Crippen molar-refractivity contribution in [3.8, 4) is 0 Å². The Morgan fingerprint density at radius 2 is 2.00 bits per heavy atom. The van der Waals surface area contributed by atoms with Crippen LogP contribution < -0.4 is 5.73 Å². The molecule has 0 aliphatic rings. The summed E-state index contributed by atoms with van der Waals surface area (Å²) in [5.74, 6) is 0. The van der Waals surface area contributed by atoms with E-state index in [1.54, 1.807) is 12.4 Å². The van der Waals surface area contributed by atoms with Crippen molar-refractivity contribution in [2.45, 2.75) is 13.0 Å². The fourth-order valence-electron chi connectivity index (χ4n) is 1.65. The zero-order valence-corrected chi connectivity index (χ0v) is 10.6. The highest BCUT2D eigenvalue weighted by Crippen LogP contribution is 2.21. The maximum Gasteiger partial charge on any atom is 0.0567 e. The van der Waals surface area contributed by atoms with Gasteiger partial charge in [-0.05, 0) is 40.0 Å². The van der Waals surface area contributed by atoms with E-state index in [4.69, 9.17) is 5.73 Å². The van der Waals surface area contributed by atoms with Crippen molar-refractivity contribution in [2.24, 2.45) is 5.73 Å². The molecule has 2 N–H and O–H groups in total. The molecule has 1 aromatic heterocycles. The van der Waals surface area contributed by atoms with Gasteiger partial charge in [0.2, 0.25) is 0 Å². The number of hydrogen-bond donors (Lipinski definition) is 1. The zero-order chi connectivity index (χ0) is 11.5. The number of hydrogen-bond acceptors (Lipinski definition) is 2. The van der Waals surface area contributed by atoms with E-state index in [0.717, 1.165) is 15.6 Å². The fourth-order valence-corrected chi connectivity index (χ4v) is 2.04. The van der Waals surface area contributed by atoms with Crippen LogP contribution in [-0.4, -0.2) is 4.98 Å². The number of nitrogens with two attached hydrogens (primary N) is 1. The molecule has 0 radical (unpaired) electrons. The Morgan fingerprint density at radius 3 is 2.69 bits per heavy atom. The molecule has 2 rings (SSSR count). The molecule has 2 nitrogen and oxygen atoms in total. The highest BCUT2D eigenvalue weighted by molar-refractivity contribution is 9.10. The molecule has 82 valence electrons. The number of pyridine rings is 1. The number of benzene rings is 1. The number of nitrogens with zero attached hydrogens (tertiary/aromatic N) is 1. The van der Waals surface area contributed by atoms with Crippen molar-refractivity contribution in [1.29, 1.82) is 0 Å². The molecule has 0 aliphatic heterocycles. The molecule has 0 aliphatic carbocycles. The average molecular weight is 277 g/mol. The van der Waals surface area contributed by atoms with Gasteiger partial charge in [0.1, 0.15) is 0 Å². The highest BCUT2D eigenvalue weighted by Gasteiger charge is 2.09. The minimum absolute atomic E-state index is 0.120. The maximum atomic E-state index is 6.19. The summed E-state index contributed by atoms with van der Waals surface area (Å²) in [6.07, 6.45) is 3.56. The lowest BCUT2D eigenvalue weighted by Crippen LogP contribution is -2.12. The monoisotopic (exact) mass is 276 g/mol. The average Bonchev–Trinajstić information content (AvgIpc) is 2.28. The van der Waals surface area contributed by atoms with Crippen LogP contribution in [-0.2, 0) is 0 Å². The van der Waals surface area contributed by atoms with Gasteiger partial charge in [-0.2, -0.15) is 0 Å². The van der Waals surface area contributed by atoms with E-state index in [2.05, 4.69) is 40.0 Å². The van der Waals surface area contributed by atoms with Crippen LogP contribution in [0.2, 0.25) is 0 Å². The first-order valence-electron chi connectivity index (χ1n) is 5.09. The Balaban J connectivity index is 2.35. The van der Waals surface area contributed by atoms with Crippen molar-refractivity contribution < 1.29 is 0 Å². The van der Waals surface area contributed by atoms with Crippen LogP contribution in [0.1, 0.15) is 22.7 Å². The van der Waals surface area contributed by atoms with Gasteiger partial charge in [0.15, 0.2) is 0 Å². The number of rotatable bonds is 2. The molecule has 0 amide bonds. The predicted octanol–water partition coefficient (Wildman–Crippen LogP) is 3.20. The first-order valence-corrected chi connectivity index (χ1v) is 5.89. The van der Waals surface area contributed by atoms with Crippen LogP contribution in [0.3, 0.4) is 0 Å². The molecule has 1 atom stereocenters. The summed E-state index contributed by atoms with van der Waals surface area (Å²) in [6.45, 7) is 2.06. The minimum atomic E-state index is -0.120. The molecule has 3 heteroatoms. The van der Waals surface area contributed by atoms with Crippen molar-refractivity contribution in [3.05, 3.63) is 63.9 Å². The molecular formula is C13H13BrN2. The molecule has 0 saturated heterocycles. The van der Waals surface area contributed by atoms with Gasteiger partial charge in [0.25, 0.3) is 0 Å². The zero-order valence-electron chi connectivity index (χ0n) is 9.02. The van der Waals surface area contributed by atoms with Gasteiger partial charge in [-0.15, -0.1) is 0 Å². The first-order chi connectivity index (χ1) is 7.66. The van der Waals surface area contributed by atoms with E-state index in [1.165, 1.54) is 5.56 Å². The Bertz CT molecular complexity index is 451. The summed E-state index contributed by atoms with van der Waals surface area (Å²) in [7, 11) is 0. The summed E-state index contributed by atoms with van der Waals surface area (Å²) in [5.41, 5.74) is 9.54. The van der Waals surface area contributed by atoms with E-state index in [9.17, 15) is 0 Å². The van der Waals surface area contributed by atoms with Gasteiger partial charge in [-0.3, -0.25) is 4.98 Å². The molecule has 2 aromatic rings. The van der Waals surface area contributed by atoms with E-state index in [0.29, 0.717) is 0 Å². The number of aromatic nitrogens is 1. The summed E-state index contributed by atoms with van der Waals surface area (Å²) in [4.78, 5) is 4.13. The summed E-state index contributed by atoms with van der Waals surface area (Å²) in [5, 5.41) is 0. The molecular weight excluding hydrogens is 264 g/mol. The smallest absolute Gasteiger partial charge is 0.0567 e. The topological polar surface area (TPSA) is 38.9 Å². The summed E-state index contributed by atoms with van der Waals surface area (Å²) in [6, 6.07) is 10.1. The van der Waals surface area contributed by atoms with Crippen molar-refractivity contribution in [1.82, 2.24) is 4.98 Å².